The third-order valence-electron chi connectivity index (χ3n) is 11.1. The highest BCUT2D eigenvalue weighted by Gasteiger charge is 2.49. The van der Waals surface area contributed by atoms with E-state index in [9.17, 15) is 14.3 Å². The molecule has 0 bridgehead atoms. The van der Waals surface area contributed by atoms with Crippen molar-refractivity contribution >= 4 is 34.1 Å². The van der Waals surface area contributed by atoms with Gasteiger partial charge in [-0.15, -0.1) is 0 Å². The van der Waals surface area contributed by atoms with Crippen molar-refractivity contribution in [3.05, 3.63) is 58.7 Å². The Morgan fingerprint density at radius 1 is 1.12 bits per heavy atom. The average molecular weight is 688 g/mol. The Morgan fingerprint density at radius 2 is 1.98 bits per heavy atom. The number of aromatic hydroxyl groups is 1. The van der Waals surface area contributed by atoms with Gasteiger partial charge in [-0.05, 0) is 61.7 Å². The number of halogens is 2. The number of ether oxygens (including phenoxy) is 1. The minimum absolute atomic E-state index is 0.116. The molecule has 6 heterocycles. The number of hydrogen-bond donors (Lipinski definition) is 2. The van der Waals surface area contributed by atoms with Gasteiger partial charge in [0.05, 0.1) is 30.0 Å². The zero-order chi connectivity index (χ0) is 34.7. The predicted octanol–water partition coefficient (Wildman–Crippen LogP) is 4.68. The van der Waals surface area contributed by atoms with Crippen molar-refractivity contribution < 1.29 is 23.4 Å². The zero-order valence-electron chi connectivity index (χ0n) is 28.5. The molecule has 4 aliphatic rings. The summed E-state index contributed by atoms with van der Waals surface area (Å²) in [6.07, 6.45) is 3.38. The maximum Gasteiger partial charge on any atom is 0.320 e. The van der Waals surface area contributed by atoms with Crippen LogP contribution < -0.4 is 25.2 Å². The van der Waals surface area contributed by atoms with E-state index >= 15 is 4.39 Å². The molecule has 0 saturated carbocycles. The molecule has 2 amide bonds. The van der Waals surface area contributed by atoms with Crippen molar-refractivity contribution in [2.75, 3.05) is 54.5 Å². The van der Waals surface area contributed by atoms with Gasteiger partial charge < -0.3 is 25.4 Å². The molecule has 0 unspecified atom stereocenters. The van der Waals surface area contributed by atoms with Crippen molar-refractivity contribution in [3.8, 4) is 11.8 Å². The number of urea groups is 1. The van der Waals surface area contributed by atoms with E-state index in [-0.39, 0.29) is 23.1 Å². The first-order valence-electron chi connectivity index (χ1n) is 17.6. The number of phenols is 1. The number of phenolic OH excluding ortho intramolecular Hbond substituents is 1. The summed E-state index contributed by atoms with van der Waals surface area (Å²) in [7, 11) is 1.60. The third-order valence-corrected chi connectivity index (χ3v) is 11.1. The molecule has 0 radical (unpaired) electrons. The second kappa shape index (κ2) is 12.6. The van der Waals surface area contributed by atoms with E-state index in [0.29, 0.717) is 76.5 Å². The van der Waals surface area contributed by atoms with Gasteiger partial charge in [0.1, 0.15) is 30.2 Å². The van der Waals surface area contributed by atoms with E-state index in [4.69, 9.17) is 20.4 Å². The molecule has 0 spiro atoms. The lowest BCUT2D eigenvalue weighted by Crippen LogP contribution is -2.43. The molecule has 2 aromatic heterocycles. The molecule has 264 valence electrons. The number of aromatic nitrogens is 4. The lowest BCUT2D eigenvalue weighted by atomic mass is 9.95. The van der Waals surface area contributed by atoms with Crippen molar-refractivity contribution in [3.63, 3.8) is 0 Å². The van der Waals surface area contributed by atoms with Crippen LogP contribution in [-0.2, 0) is 32.5 Å². The fraction of sp³-hybridized carbons (Fsp3) is 0.500. The molecule has 2 aromatic carbocycles. The first-order valence-corrected chi connectivity index (χ1v) is 17.6. The molecule has 4 aliphatic heterocycles. The fourth-order valence-corrected chi connectivity index (χ4v) is 8.54. The van der Waals surface area contributed by atoms with Crippen molar-refractivity contribution in [2.24, 2.45) is 5.73 Å². The first kappa shape index (κ1) is 32.5. The SMILES string of the molecule is CCc1c(F)ccc2cc(O)cc(N3CCc4c(nc(OC[C@@]56CCCN5C[C@H](F)C6)nc4N4CCCn5nc(N(C)C(N)=O)cc5C4)C3)c12. The van der Waals surface area contributed by atoms with Crippen LogP contribution in [0.2, 0.25) is 0 Å². The number of carbonyl (C=O) groups excluding carboxylic acids is 1. The summed E-state index contributed by atoms with van der Waals surface area (Å²) in [6, 6.07) is 8.11. The second-order valence-corrected chi connectivity index (χ2v) is 14.1. The van der Waals surface area contributed by atoms with Gasteiger partial charge in [-0.2, -0.15) is 15.1 Å². The number of benzene rings is 2. The molecule has 12 nitrogen and oxygen atoms in total. The minimum atomic E-state index is -0.872. The van der Waals surface area contributed by atoms with Gasteiger partial charge in [0.15, 0.2) is 5.82 Å². The third kappa shape index (κ3) is 5.62. The molecule has 3 N–H and O–H groups in total. The van der Waals surface area contributed by atoms with E-state index in [2.05, 4.69) is 19.8 Å². The number of anilines is 3. The number of nitrogens with zero attached hydrogens (tertiary/aromatic N) is 8. The summed E-state index contributed by atoms with van der Waals surface area (Å²) >= 11 is 0. The monoisotopic (exact) mass is 687 g/mol. The Kier molecular flexibility index (Phi) is 8.16. The smallest absolute Gasteiger partial charge is 0.320 e. The van der Waals surface area contributed by atoms with E-state index in [1.165, 1.54) is 11.0 Å². The Hall–Kier alpha value is -4.72. The van der Waals surface area contributed by atoms with Gasteiger partial charge >= 0.3 is 12.0 Å². The number of nitrogens with two attached hydrogens (primary N) is 1. The Labute approximate surface area is 289 Å². The molecule has 2 atom stereocenters. The Bertz CT molecular complexity index is 1970. The van der Waals surface area contributed by atoms with Crippen LogP contribution >= 0.6 is 0 Å². The number of primary amides is 1. The summed E-state index contributed by atoms with van der Waals surface area (Å²) in [5.41, 5.74) is 9.28. The second-order valence-electron chi connectivity index (χ2n) is 14.1. The van der Waals surface area contributed by atoms with Crippen molar-refractivity contribution in [1.82, 2.24) is 24.6 Å². The molecule has 0 aliphatic carbocycles. The molecule has 4 aromatic rings. The first-order chi connectivity index (χ1) is 24.1. The number of fused-ring (bicyclic) bond motifs is 4. The number of hydrogen-bond acceptors (Lipinski definition) is 9. The van der Waals surface area contributed by atoms with E-state index in [1.807, 2.05) is 17.7 Å². The minimum Gasteiger partial charge on any atom is -0.508 e. The number of aryl methyl sites for hydroxylation is 2. The van der Waals surface area contributed by atoms with E-state index in [0.717, 1.165) is 65.0 Å². The summed E-state index contributed by atoms with van der Waals surface area (Å²) < 4.78 is 38.1. The van der Waals surface area contributed by atoms with E-state index < -0.39 is 12.2 Å². The zero-order valence-corrected chi connectivity index (χ0v) is 28.5. The summed E-state index contributed by atoms with van der Waals surface area (Å²) in [4.78, 5) is 29.8. The van der Waals surface area contributed by atoms with Crippen molar-refractivity contribution in [1.29, 1.82) is 0 Å². The van der Waals surface area contributed by atoms with Gasteiger partial charge in [0.25, 0.3) is 0 Å². The fourth-order valence-electron chi connectivity index (χ4n) is 8.54. The van der Waals surface area contributed by atoms with Crippen LogP contribution in [0.3, 0.4) is 0 Å². The van der Waals surface area contributed by atoms with Crippen LogP contribution in [0.5, 0.6) is 11.8 Å². The lowest BCUT2D eigenvalue weighted by Gasteiger charge is -2.35. The number of alkyl halides is 1. The van der Waals surface area contributed by atoms with Gasteiger partial charge in [-0.25, -0.2) is 13.6 Å². The van der Waals surface area contributed by atoms with Crippen LogP contribution in [0.25, 0.3) is 10.8 Å². The van der Waals surface area contributed by atoms with Crippen LogP contribution in [0.4, 0.5) is 30.9 Å². The summed E-state index contributed by atoms with van der Waals surface area (Å²) in [6.45, 7) is 6.44. The normalized spacial score (nSPS) is 22.0. The summed E-state index contributed by atoms with van der Waals surface area (Å²) in [5.74, 6) is 1.12. The molecule has 8 rings (SSSR count). The number of rotatable bonds is 7. The Morgan fingerprint density at radius 3 is 2.80 bits per heavy atom. The van der Waals surface area contributed by atoms with Crippen LogP contribution in [0.15, 0.2) is 30.3 Å². The number of carbonyl (C=O) groups is 1. The summed E-state index contributed by atoms with van der Waals surface area (Å²) in [5, 5.41) is 16.9. The maximum atomic E-state index is 15.1. The maximum absolute atomic E-state index is 15.1. The van der Waals surface area contributed by atoms with Gasteiger partial charge in [-0.1, -0.05) is 13.0 Å². The van der Waals surface area contributed by atoms with Gasteiger partial charge in [0.2, 0.25) is 0 Å². The average Bonchev–Trinajstić information content (AvgIpc) is 3.73. The molecule has 2 saturated heterocycles. The molecular weight excluding hydrogens is 644 g/mol. The molecule has 50 heavy (non-hydrogen) atoms. The van der Waals surface area contributed by atoms with Gasteiger partial charge in [0, 0.05) is 68.4 Å². The standard InChI is InChI=1S/C36H43F2N9O3/c1-3-26-28(38)7-6-22-14-25(48)16-30(32(22)26)44-13-8-27-29(20-44)40-35(50-21-36-9-4-11-46(36)18-23(37)17-36)41-33(27)45-10-5-12-47-24(19-45)15-31(42-47)43(2)34(39)49/h6-7,14-16,23,48H,3-5,8-13,17-21H2,1-2H3,(H2,39,49)/t23-,36+/m1/s1. The highest BCUT2D eigenvalue weighted by atomic mass is 19.1. The topological polar surface area (TPSA) is 129 Å². The van der Waals surface area contributed by atoms with Crippen LogP contribution in [0, 0.1) is 5.82 Å². The lowest BCUT2D eigenvalue weighted by molar-refractivity contribution is 0.107. The van der Waals surface area contributed by atoms with Gasteiger partial charge in [-0.3, -0.25) is 14.5 Å². The number of amides is 2. The van der Waals surface area contributed by atoms with E-state index in [1.54, 1.807) is 25.2 Å². The molecule has 2 fully saturated rings. The van der Waals surface area contributed by atoms with Crippen LogP contribution in [0.1, 0.15) is 55.1 Å². The van der Waals surface area contributed by atoms with Crippen molar-refractivity contribution in [2.45, 2.75) is 76.8 Å². The largest absolute Gasteiger partial charge is 0.508 e. The predicted molar refractivity (Wildman–Crippen MR) is 186 cm³/mol. The quantitative estimate of drug-likeness (QED) is 0.285. The highest BCUT2D eigenvalue weighted by molar-refractivity contribution is 5.98. The highest BCUT2D eigenvalue weighted by Crippen LogP contribution is 2.42. The molecule has 14 heteroatoms. The Balaban J connectivity index is 1.17. The molecular formula is C36H43F2N9O3. The van der Waals surface area contributed by atoms with Crippen LogP contribution in [-0.4, -0.2) is 87.3 Å².